The third-order valence-electron chi connectivity index (χ3n) is 7.20. The van der Waals surface area contributed by atoms with Gasteiger partial charge in [0.2, 0.25) is 5.62 Å². The van der Waals surface area contributed by atoms with Gasteiger partial charge in [-0.2, -0.15) is 4.52 Å². The van der Waals surface area contributed by atoms with E-state index >= 15 is 0 Å². The molecule has 2 aliphatic rings. The predicted octanol–water partition coefficient (Wildman–Crippen LogP) is 3.03. The highest BCUT2D eigenvalue weighted by molar-refractivity contribution is 5.97. The summed E-state index contributed by atoms with van der Waals surface area (Å²) >= 11 is 0. The number of ketones is 1. The summed E-state index contributed by atoms with van der Waals surface area (Å²) in [6.45, 7) is 11.0. The molecule has 5 rings (SSSR count). The van der Waals surface area contributed by atoms with Gasteiger partial charge in [0.05, 0.1) is 26.0 Å². The lowest BCUT2D eigenvalue weighted by Gasteiger charge is -2.33. The molecule has 0 spiro atoms. The van der Waals surface area contributed by atoms with E-state index in [1.54, 1.807) is 7.11 Å². The number of nitrogens with one attached hydrogen (secondary N) is 1. The molecule has 1 aromatic carbocycles. The maximum Gasteiger partial charge on any atom is 0.242 e. The van der Waals surface area contributed by atoms with Crippen LogP contribution in [0.4, 0.5) is 11.5 Å². The first-order chi connectivity index (χ1) is 17.8. The second-order valence-electron chi connectivity index (χ2n) is 10.8. The number of aromatic nitrogens is 4. The number of anilines is 2. The molecule has 4 heterocycles. The number of morpholine rings is 1. The largest absolute Gasteiger partial charge is 0.494 e. The minimum Gasteiger partial charge on any atom is -0.494 e. The summed E-state index contributed by atoms with van der Waals surface area (Å²) < 4.78 is 14.4. The maximum atomic E-state index is 13.6. The van der Waals surface area contributed by atoms with E-state index in [1.807, 2.05) is 24.3 Å². The number of benzene rings is 1. The summed E-state index contributed by atoms with van der Waals surface area (Å²) in [5.41, 5.74) is 2.87. The number of carbonyl (C=O) groups excluding carboxylic acids is 1. The molecule has 0 atom stereocenters. The number of hydrogen-bond acceptors (Lipinski definition) is 8. The van der Waals surface area contributed by atoms with Crippen LogP contribution in [0, 0.1) is 5.41 Å². The van der Waals surface area contributed by atoms with Crippen LogP contribution in [0.2, 0.25) is 0 Å². The first kappa shape index (κ1) is 25.3. The van der Waals surface area contributed by atoms with Crippen molar-refractivity contribution in [2.45, 2.75) is 52.0 Å². The Balaban J connectivity index is 1.48. The van der Waals surface area contributed by atoms with Gasteiger partial charge in [0.15, 0.2) is 11.4 Å². The minimum atomic E-state index is -0.228. The molecule has 2 saturated heterocycles. The second kappa shape index (κ2) is 10.2. The van der Waals surface area contributed by atoms with Gasteiger partial charge < -0.3 is 19.3 Å². The Morgan fingerprint density at radius 2 is 1.76 bits per heavy atom. The minimum absolute atomic E-state index is 0.0420. The van der Waals surface area contributed by atoms with E-state index in [2.05, 4.69) is 40.8 Å². The molecule has 37 heavy (non-hydrogen) atoms. The second-order valence-corrected chi connectivity index (χ2v) is 10.8. The Kier molecular flexibility index (Phi) is 6.94. The number of ether oxygens (including phenoxy) is 2. The number of piperidine rings is 1. The van der Waals surface area contributed by atoms with Crippen molar-refractivity contribution in [2.24, 2.45) is 0 Å². The summed E-state index contributed by atoms with van der Waals surface area (Å²) in [7, 11) is 1.68. The molecule has 0 amide bonds. The molecule has 0 unspecified atom stereocenters. The van der Waals surface area contributed by atoms with E-state index in [-0.39, 0.29) is 23.4 Å². The first-order valence-corrected chi connectivity index (χ1v) is 13.1. The molecule has 0 radical (unpaired) electrons. The van der Waals surface area contributed by atoms with E-state index in [4.69, 9.17) is 14.9 Å². The van der Waals surface area contributed by atoms with Gasteiger partial charge in [0, 0.05) is 37.3 Å². The molecule has 0 saturated carbocycles. The average Bonchev–Trinajstić information content (AvgIpc) is 3.22. The zero-order chi connectivity index (χ0) is 26.2. The Morgan fingerprint density at radius 1 is 1.03 bits per heavy atom. The molecule has 10 nitrogen and oxygen atoms in total. The monoisotopic (exact) mass is 507 g/mol. The van der Waals surface area contributed by atoms with Crippen LogP contribution in [-0.4, -0.2) is 71.7 Å². The van der Waals surface area contributed by atoms with Crippen molar-refractivity contribution < 1.29 is 14.3 Å². The number of rotatable bonds is 6. The molecule has 1 N–H and O–H groups in total. The van der Waals surface area contributed by atoms with E-state index < -0.39 is 0 Å². The maximum absolute atomic E-state index is 13.6. The van der Waals surface area contributed by atoms with E-state index in [1.165, 1.54) is 15.6 Å². The van der Waals surface area contributed by atoms with Crippen LogP contribution in [0.3, 0.4) is 0 Å². The summed E-state index contributed by atoms with van der Waals surface area (Å²) in [5.74, 6) is 1.53. The van der Waals surface area contributed by atoms with Crippen LogP contribution in [-0.2, 0) is 16.7 Å². The fourth-order valence-corrected chi connectivity index (χ4v) is 5.13. The SMILES string of the molecule is COc1c(N2CCOCC2)cc(C(=O)Cn2nc3ccc(N4CCCCC4)nn3c2=N)cc1C(C)(C)C. The van der Waals surface area contributed by atoms with Gasteiger partial charge >= 0.3 is 0 Å². The van der Waals surface area contributed by atoms with Crippen molar-refractivity contribution in [1.29, 1.82) is 5.41 Å². The molecule has 2 fully saturated rings. The summed E-state index contributed by atoms with van der Waals surface area (Å²) in [4.78, 5) is 18.1. The highest BCUT2D eigenvalue weighted by atomic mass is 16.5. The Bertz CT molecular complexity index is 1340. The van der Waals surface area contributed by atoms with Gasteiger partial charge in [-0.05, 0) is 48.9 Å². The van der Waals surface area contributed by atoms with Crippen molar-refractivity contribution in [3.63, 3.8) is 0 Å². The standard InChI is InChI=1S/C27H37N7O3/c1-27(2,3)20-16-19(17-21(25(20)36-4)31-12-14-37-15-13-31)22(35)18-33-26(28)34-24(29-33)9-8-23(30-34)32-10-6-5-7-11-32/h8-9,16-17,28H,5-7,10-15,18H2,1-4H3. The molecule has 198 valence electrons. The number of carbonyl (C=O) groups is 1. The van der Waals surface area contributed by atoms with Crippen LogP contribution in [0.15, 0.2) is 24.3 Å². The van der Waals surface area contributed by atoms with Gasteiger partial charge in [-0.1, -0.05) is 20.8 Å². The fourth-order valence-electron chi connectivity index (χ4n) is 5.13. The van der Waals surface area contributed by atoms with Crippen LogP contribution >= 0.6 is 0 Å². The smallest absolute Gasteiger partial charge is 0.242 e. The van der Waals surface area contributed by atoms with Crippen molar-refractivity contribution >= 4 is 22.9 Å². The molecule has 0 bridgehead atoms. The lowest BCUT2D eigenvalue weighted by molar-refractivity contribution is 0.0965. The normalized spacial score (nSPS) is 16.9. The third kappa shape index (κ3) is 5.07. The number of hydrogen-bond donors (Lipinski definition) is 1. The number of fused-ring (bicyclic) bond motifs is 1. The summed E-state index contributed by atoms with van der Waals surface area (Å²) in [6.07, 6.45) is 3.54. The molecule has 0 aliphatic carbocycles. The van der Waals surface area contributed by atoms with Gasteiger partial charge in [0.25, 0.3) is 0 Å². The lowest BCUT2D eigenvalue weighted by Crippen LogP contribution is -2.37. The van der Waals surface area contributed by atoms with Gasteiger partial charge in [-0.3, -0.25) is 10.2 Å². The Hall–Kier alpha value is -3.40. The average molecular weight is 508 g/mol. The van der Waals surface area contributed by atoms with Crippen LogP contribution in [0.1, 0.15) is 56.0 Å². The Labute approximate surface area is 217 Å². The fraction of sp³-hybridized carbons (Fsp3) is 0.556. The third-order valence-corrected chi connectivity index (χ3v) is 7.20. The van der Waals surface area contributed by atoms with Crippen molar-refractivity contribution in [3.8, 4) is 5.75 Å². The van der Waals surface area contributed by atoms with Crippen LogP contribution in [0.25, 0.3) is 5.65 Å². The molecule has 2 aliphatic heterocycles. The summed E-state index contributed by atoms with van der Waals surface area (Å²) in [6, 6.07) is 7.66. The quantitative estimate of drug-likeness (QED) is 0.512. The number of Topliss-reactive ketones (excluding diaryl/α,β-unsaturated/α-hetero) is 1. The van der Waals surface area contributed by atoms with Crippen molar-refractivity contribution in [3.05, 3.63) is 41.0 Å². The zero-order valence-electron chi connectivity index (χ0n) is 22.3. The number of nitrogens with zero attached hydrogens (tertiary/aromatic N) is 6. The van der Waals surface area contributed by atoms with Crippen LogP contribution in [0.5, 0.6) is 5.75 Å². The van der Waals surface area contributed by atoms with Crippen molar-refractivity contribution in [2.75, 3.05) is 56.3 Å². The highest BCUT2D eigenvalue weighted by Gasteiger charge is 2.27. The molecular formula is C27H37N7O3. The van der Waals surface area contributed by atoms with E-state index in [9.17, 15) is 4.79 Å². The zero-order valence-corrected chi connectivity index (χ0v) is 22.3. The van der Waals surface area contributed by atoms with Crippen molar-refractivity contribution in [1.82, 2.24) is 19.4 Å². The van der Waals surface area contributed by atoms with Gasteiger partial charge in [-0.25, -0.2) is 4.68 Å². The van der Waals surface area contributed by atoms with Gasteiger partial charge in [0.1, 0.15) is 18.1 Å². The highest BCUT2D eigenvalue weighted by Crippen LogP contribution is 2.40. The molecule has 3 aromatic rings. The summed E-state index contributed by atoms with van der Waals surface area (Å²) in [5, 5.41) is 17.9. The topological polar surface area (TPSA) is 101 Å². The van der Waals surface area contributed by atoms with Gasteiger partial charge in [-0.15, -0.1) is 10.2 Å². The van der Waals surface area contributed by atoms with E-state index in [0.717, 1.165) is 61.8 Å². The van der Waals surface area contributed by atoms with E-state index in [0.29, 0.717) is 24.4 Å². The van der Waals surface area contributed by atoms with Crippen LogP contribution < -0.4 is 20.2 Å². The Morgan fingerprint density at radius 3 is 2.43 bits per heavy atom. The molecular weight excluding hydrogens is 470 g/mol. The molecule has 2 aromatic heterocycles. The lowest BCUT2D eigenvalue weighted by atomic mass is 9.84. The number of methoxy groups -OCH3 is 1. The first-order valence-electron chi connectivity index (χ1n) is 13.1. The molecule has 10 heteroatoms. The predicted molar refractivity (Wildman–Crippen MR) is 142 cm³/mol.